The largest absolute Gasteiger partial charge is 0.300 e. The van der Waals surface area contributed by atoms with Crippen LogP contribution in [0.3, 0.4) is 0 Å². The van der Waals surface area contributed by atoms with Gasteiger partial charge in [-0.05, 0) is 25.9 Å². The quantitative estimate of drug-likeness (QED) is 0.502. The lowest BCUT2D eigenvalue weighted by Gasteiger charge is -2.09. The fourth-order valence-electron chi connectivity index (χ4n) is 1.25. The van der Waals surface area contributed by atoms with Crippen LogP contribution in [-0.4, -0.2) is 29.9 Å². The van der Waals surface area contributed by atoms with Crippen LogP contribution in [0.5, 0.6) is 0 Å². The molecule has 0 amide bonds. The van der Waals surface area contributed by atoms with Crippen LogP contribution in [0.1, 0.15) is 12.8 Å². The zero-order chi connectivity index (χ0) is 7.23. The molecule has 0 bridgehead atoms. The molecule has 0 radical (unpaired) electrons. The Kier molecular flexibility index (Phi) is 4.07. The van der Waals surface area contributed by atoms with Gasteiger partial charge in [0.1, 0.15) is 0 Å². The van der Waals surface area contributed by atoms with Crippen LogP contribution in [0.2, 0.25) is 0 Å². The molecule has 1 aliphatic heterocycles. The minimum Gasteiger partial charge on any atom is -0.300 e. The van der Waals surface area contributed by atoms with Crippen molar-refractivity contribution in [1.29, 1.82) is 0 Å². The van der Waals surface area contributed by atoms with Crippen molar-refractivity contribution in [2.24, 2.45) is 0 Å². The molecule has 1 aliphatic rings. The van der Waals surface area contributed by atoms with E-state index >= 15 is 0 Å². The van der Waals surface area contributed by atoms with Crippen LogP contribution in [0, 0.1) is 0 Å². The number of hydrogen-bond donors (Lipinski definition) is 0. The second-order valence-corrected chi connectivity index (χ2v) is 3.28. The highest BCUT2D eigenvalue weighted by Crippen LogP contribution is 2.06. The molecule has 0 aromatic rings. The predicted molar refractivity (Wildman–Crippen MR) is 48.6 cm³/mol. The molecule has 1 saturated heterocycles. The standard InChI is InChI=1S/C8H14BrN/c9-5-1-2-6-10-7-3-4-8-10/h1-2H,3-8H2/b2-1+. The molecule has 1 heterocycles. The first-order valence-electron chi connectivity index (χ1n) is 3.87. The van der Waals surface area contributed by atoms with E-state index < -0.39 is 0 Å². The maximum Gasteiger partial charge on any atom is 0.0212 e. The second-order valence-electron chi connectivity index (χ2n) is 2.63. The van der Waals surface area contributed by atoms with Gasteiger partial charge in [-0.15, -0.1) is 0 Å². The van der Waals surface area contributed by atoms with E-state index in [1.54, 1.807) is 0 Å². The molecular formula is C8H14BrN. The monoisotopic (exact) mass is 203 g/mol. The summed E-state index contributed by atoms with van der Waals surface area (Å²) in [6.45, 7) is 3.74. The van der Waals surface area contributed by atoms with Crippen LogP contribution in [0.25, 0.3) is 0 Å². The summed E-state index contributed by atoms with van der Waals surface area (Å²) in [4.78, 5) is 2.49. The fraction of sp³-hybridized carbons (Fsp3) is 0.750. The molecule has 0 unspecified atom stereocenters. The highest BCUT2D eigenvalue weighted by Gasteiger charge is 2.08. The van der Waals surface area contributed by atoms with Gasteiger partial charge in [-0.2, -0.15) is 0 Å². The summed E-state index contributed by atoms with van der Waals surface area (Å²) in [5.41, 5.74) is 0. The van der Waals surface area contributed by atoms with Crippen molar-refractivity contribution in [3.05, 3.63) is 12.2 Å². The number of alkyl halides is 1. The van der Waals surface area contributed by atoms with E-state index in [-0.39, 0.29) is 0 Å². The number of likely N-dealkylation sites (tertiary alicyclic amines) is 1. The van der Waals surface area contributed by atoms with Crippen molar-refractivity contribution >= 4 is 15.9 Å². The average molecular weight is 204 g/mol. The lowest BCUT2D eigenvalue weighted by molar-refractivity contribution is 0.377. The van der Waals surface area contributed by atoms with E-state index in [1.807, 2.05) is 0 Å². The molecule has 2 heteroatoms. The minimum atomic E-state index is 0.987. The van der Waals surface area contributed by atoms with E-state index in [0.717, 1.165) is 11.9 Å². The molecule has 0 N–H and O–H groups in total. The molecule has 0 atom stereocenters. The number of hydrogen-bond acceptors (Lipinski definition) is 1. The van der Waals surface area contributed by atoms with E-state index in [4.69, 9.17) is 0 Å². The molecule has 0 saturated carbocycles. The Bertz CT molecular complexity index is 106. The Balaban J connectivity index is 2.06. The van der Waals surface area contributed by atoms with E-state index in [0.29, 0.717) is 0 Å². The average Bonchev–Trinajstić information content (AvgIpc) is 2.41. The van der Waals surface area contributed by atoms with Crippen LogP contribution in [-0.2, 0) is 0 Å². The Morgan fingerprint density at radius 1 is 1.20 bits per heavy atom. The Morgan fingerprint density at radius 3 is 2.50 bits per heavy atom. The van der Waals surface area contributed by atoms with Gasteiger partial charge in [-0.3, -0.25) is 4.90 Å². The molecule has 10 heavy (non-hydrogen) atoms. The first kappa shape index (κ1) is 8.28. The summed E-state index contributed by atoms with van der Waals surface area (Å²) < 4.78 is 0. The van der Waals surface area contributed by atoms with E-state index in [2.05, 4.69) is 33.0 Å². The summed E-state index contributed by atoms with van der Waals surface area (Å²) in [5, 5.41) is 0.987. The van der Waals surface area contributed by atoms with Crippen LogP contribution >= 0.6 is 15.9 Å². The van der Waals surface area contributed by atoms with Crippen LogP contribution in [0.4, 0.5) is 0 Å². The van der Waals surface area contributed by atoms with Crippen molar-refractivity contribution in [2.45, 2.75) is 12.8 Å². The molecule has 1 rings (SSSR count). The smallest absolute Gasteiger partial charge is 0.0212 e. The molecule has 0 spiro atoms. The van der Waals surface area contributed by atoms with Gasteiger partial charge < -0.3 is 0 Å². The first-order valence-corrected chi connectivity index (χ1v) is 4.99. The maximum absolute atomic E-state index is 3.35. The lowest BCUT2D eigenvalue weighted by atomic mass is 10.4. The number of halogens is 1. The Labute approximate surface area is 71.2 Å². The summed E-state index contributed by atoms with van der Waals surface area (Å²) >= 11 is 3.35. The molecule has 0 aromatic carbocycles. The summed E-state index contributed by atoms with van der Waals surface area (Å²) in [5.74, 6) is 0. The summed E-state index contributed by atoms with van der Waals surface area (Å²) in [6.07, 6.45) is 7.18. The maximum atomic E-state index is 3.35. The molecule has 58 valence electrons. The summed E-state index contributed by atoms with van der Waals surface area (Å²) in [7, 11) is 0. The molecule has 1 fully saturated rings. The third-order valence-electron chi connectivity index (χ3n) is 1.82. The molecule has 1 nitrogen and oxygen atoms in total. The molecule has 0 aromatic heterocycles. The molecular weight excluding hydrogens is 190 g/mol. The van der Waals surface area contributed by atoms with Gasteiger partial charge >= 0.3 is 0 Å². The third-order valence-corrected chi connectivity index (χ3v) is 2.19. The number of allylic oxidation sites excluding steroid dienone is 1. The van der Waals surface area contributed by atoms with Crippen molar-refractivity contribution in [2.75, 3.05) is 25.0 Å². The van der Waals surface area contributed by atoms with E-state index in [1.165, 1.54) is 25.9 Å². The number of rotatable bonds is 3. The lowest BCUT2D eigenvalue weighted by Crippen LogP contribution is -2.18. The van der Waals surface area contributed by atoms with Gasteiger partial charge in [0, 0.05) is 11.9 Å². The van der Waals surface area contributed by atoms with Gasteiger partial charge in [0.2, 0.25) is 0 Å². The van der Waals surface area contributed by atoms with Gasteiger partial charge in [0.05, 0.1) is 0 Å². The van der Waals surface area contributed by atoms with Gasteiger partial charge in [0.15, 0.2) is 0 Å². The van der Waals surface area contributed by atoms with Gasteiger partial charge in [-0.25, -0.2) is 0 Å². The van der Waals surface area contributed by atoms with Crippen LogP contribution in [0.15, 0.2) is 12.2 Å². The Hall–Kier alpha value is 0.180. The minimum absolute atomic E-state index is 0.987. The zero-order valence-electron chi connectivity index (χ0n) is 6.22. The molecule has 0 aliphatic carbocycles. The van der Waals surface area contributed by atoms with Gasteiger partial charge in [-0.1, -0.05) is 28.1 Å². The zero-order valence-corrected chi connectivity index (χ0v) is 7.81. The summed E-state index contributed by atoms with van der Waals surface area (Å²) in [6, 6.07) is 0. The van der Waals surface area contributed by atoms with Crippen molar-refractivity contribution in [1.82, 2.24) is 4.90 Å². The van der Waals surface area contributed by atoms with Crippen molar-refractivity contribution < 1.29 is 0 Å². The Morgan fingerprint density at radius 2 is 1.90 bits per heavy atom. The van der Waals surface area contributed by atoms with Crippen molar-refractivity contribution in [3.63, 3.8) is 0 Å². The van der Waals surface area contributed by atoms with Crippen molar-refractivity contribution in [3.8, 4) is 0 Å². The highest BCUT2D eigenvalue weighted by molar-refractivity contribution is 9.09. The predicted octanol–water partition coefficient (Wildman–Crippen LogP) is 2.03. The third kappa shape index (κ3) is 2.84. The van der Waals surface area contributed by atoms with Crippen LogP contribution < -0.4 is 0 Å². The van der Waals surface area contributed by atoms with E-state index in [9.17, 15) is 0 Å². The highest BCUT2D eigenvalue weighted by atomic mass is 79.9. The second kappa shape index (κ2) is 4.91. The fourth-order valence-corrected chi connectivity index (χ4v) is 1.52. The SMILES string of the molecule is BrC/C=C/CN1CCCC1. The normalized spacial score (nSPS) is 20.9. The number of nitrogens with zero attached hydrogens (tertiary/aromatic N) is 1. The topological polar surface area (TPSA) is 3.24 Å². The first-order chi connectivity index (χ1) is 4.93. The van der Waals surface area contributed by atoms with Gasteiger partial charge in [0.25, 0.3) is 0 Å².